The molecule has 2 aliphatic heterocycles. The summed E-state index contributed by atoms with van der Waals surface area (Å²) in [5, 5.41) is 3.36. The van der Waals surface area contributed by atoms with Gasteiger partial charge >= 0.3 is 0 Å². The molecule has 1 saturated carbocycles. The van der Waals surface area contributed by atoms with E-state index in [0.717, 1.165) is 13.0 Å². The van der Waals surface area contributed by atoms with Crippen molar-refractivity contribution in [3.63, 3.8) is 0 Å². The van der Waals surface area contributed by atoms with Crippen LogP contribution in [0.4, 0.5) is 8.78 Å². The molecular weight excluding hydrogens is 240 g/mol. The molecule has 1 N–H and O–H groups in total. The zero-order valence-electron chi connectivity index (χ0n) is 11.0. The van der Waals surface area contributed by atoms with Crippen molar-refractivity contribution in [2.75, 3.05) is 19.8 Å². The van der Waals surface area contributed by atoms with E-state index in [2.05, 4.69) is 5.32 Å². The highest BCUT2D eigenvalue weighted by atomic mass is 19.3. The van der Waals surface area contributed by atoms with Crippen molar-refractivity contribution in [1.82, 2.24) is 5.32 Å². The molecule has 0 aromatic rings. The molecule has 1 aliphatic carbocycles. The van der Waals surface area contributed by atoms with Gasteiger partial charge in [-0.05, 0) is 20.3 Å². The lowest BCUT2D eigenvalue weighted by Crippen LogP contribution is -2.59. The van der Waals surface area contributed by atoms with Crippen molar-refractivity contribution in [3.05, 3.63) is 0 Å². The van der Waals surface area contributed by atoms with E-state index in [9.17, 15) is 8.78 Å². The lowest BCUT2D eigenvalue weighted by atomic mass is 9.83. The molecule has 18 heavy (non-hydrogen) atoms. The van der Waals surface area contributed by atoms with Gasteiger partial charge in [0.05, 0.1) is 18.8 Å². The maximum absolute atomic E-state index is 13.1. The Hall–Kier alpha value is -0.260. The minimum Gasteiger partial charge on any atom is -0.372 e. The van der Waals surface area contributed by atoms with E-state index >= 15 is 0 Å². The van der Waals surface area contributed by atoms with E-state index in [1.165, 1.54) is 0 Å². The first-order valence-corrected chi connectivity index (χ1v) is 6.72. The van der Waals surface area contributed by atoms with Crippen LogP contribution < -0.4 is 5.32 Å². The molecule has 1 spiro atoms. The number of morpholine rings is 1. The Morgan fingerprint density at radius 3 is 2.56 bits per heavy atom. The van der Waals surface area contributed by atoms with Gasteiger partial charge in [0.25, 0.3) is 5.92 Å². The molecule has 5 heteroatoms. The van der Waals surface area contributed by atoms with Gasteiger partial charge in [-0.1, -0.05) is 0 Å². The number of halogens is 2. The number of rotatable bonds is 2. The lowest BCUT2D eigenvalue weighted by Gasteiger charge is -2.41. The molecule has 0 radical (unpaired) electrons. The summed E-state index contributed by atoms with van der Waals surface area (Å²) in [7, 11) is 0. The third-order valence-corrected chi connectivity index (χ3v) is 4.43. The second-order valence-corrected chi connectivity index (χ2v) is 6.54. The zero-order chi connectivity index (χ0) is 13.0. The number of nitrogens with one attached hydrogen (secondary N) is 1. The average Bonchev–Trinajstić information content (AvgIpc) is 2.73. The molecule has 104 valence electrons. The van der Waals surface area contributed by atoms with Crippen LogP contribution in [-0.2, 0) is 9.47 Å². The molecule has 3 nitrogen and oxygen atoms in total. The fourth-order valence-electron chi connectivity index (χ4n) is 3.34. The molecule has 3 fully saturated rings. The molecule has 0 aromatic heterocycles. The highest BCUT2D eigenvalue weighted by molar-refractivity contribution is 5.08. The van der Waals surface area contributed by atoms with Gasteiger partial charge in [-0.25, -0.2) is 8.78 Å². The first-order chi connectivity index (χ1) is 8.33. The monoisotopic (exact) mass is 261 g/mol. The van der Waals surface area contributed by atoms with E-state index in [0.29, 0.717) is 19.6 Å². The van der Waals surface area contributed by atoms with Crippen LogP contribution in [0.1, 0.15) is 33.1 Å². The van der Waals surface area contributed by atoms with E-state index < -0.39 is 17.4 Å². The van der Waals surface area contributed by atoms with Crippen molar-refractivity contribution in [2.45, 2.75) is 56.3 Å². The average molecular weight is 261 g/mol. The van der Waals surface area contributed by atoms with Crippen molar-refractivity contribution >= 4 is 0 Å². The van der Waals surface area contributed by atoms with Crippen LogP contribution in [-0.4, -0.2) is 42.9 Å². The second kappa shape index (κ2) is 3.87. The van der Waals surface area contributed by atoms with E-state index in [1.54, 1.807) is 0 Å². The quantitative estimate of drug-likeness (QED) is 0.824. The van der Waals surface area contributed by atoms with Crippen molar-refractivity contribution in [3.8, 4) is 0 Å². The third kappa shape index (κ3) is 2.17. The van der Waals surface area contributed by atoms with Gasteiger partial charge in [-0.3, -0.25) is 0 Å². The van der Waals surface area contributed by atoms with Crippen molar-refractivity contribution < 1.29 is 18.3 Å². The standard InChI is InChI=1S/C13H21F2NO2/c1-11(2)7-12(8-18-11)10(16-3-4-17-12)5-9-6-13(9,14)15/h9-10,16H,3-8H2,1-2H3. The normalized spacial score (nSPS) is 45.3. The summed E-state index contributed by atoms with van der Waals surface area (Å²) >= 11 is 0. The summed E-state index contributed by atoms with van der Waals surface area (Å²) in [6.45, 7) is 5.95. The minimum atomic E-state index is -2.45. The predicted molar refractivity (Wildman–Crippen MR) is 62.8 cm³/mol. The van der Waals surface area contributed by atoms with Crippen LogP contribution in [0.15, 0.2) is 0 Å². The Bertz CT molecular complexity index is 348. The van der Waals surface area contributed by atoms with Gasteiger partial charge in [0.2, 0.25) is 0 Å². The Morgan fingerprint density at radius 2 is 2.00 bits per heavy atom. The maximum Gasteiger partial charge on any atom is 0.251 e. The third-order valence-electron chi connectivity index (χ3n) is 4.43. The summed E-state index contributed by atoms with van der Waals surface area (Å²) < 4.78 is 37.9. The van der Waals surface area contributed by atoms with E-state index in [1.807, 2.05) is 13.8 Å². The van der Waals surface area contributed by atoms with Crippen molar-refractivity contribution in [2.24, 2.45) is 5.92 Å². The Labute approximate surface area is 106 Å². The summed E-state index contributed by atoms with van der Waals surface area (Å²) in [5.41, 5.74) is -0.621. The van der Waals surface area contributed by atoms with Gasteiger partial charge in [0, 0.05) is 31.3 Å². The number of hydrogen-bond donors (Lipinski definition) is 1. The van der Waals surface area contributed by atoms with E-state index in [4.69, 9.17) is 9.47 Å². The molecule has 0 bridgehead atoms. The summed E-state index contributed by atoms with van der Waals surface area (Å²) in [4.78, 5) is 0. The molecule has 3 aliphatic rings. The van der Waals surface area contributed by atoms with Gasteiger partial charge < -0.3 is 14.8 Å². The van der Waals surface area contributed by atoms with Crippen LogP contribution in [0, 0.1) is 5.92 Å². The fraction of sp³-hybridized carbons (Fsp3) is 1.00. The molecule has 0 amide bonds. The molecular formula is C13H21F2NO2. The number of alkyl halides is 2. The van der Waals surface area contributed by atoms with Crippen LogP contribution in [0.2, 0.25) is 0 Å². The minimum absolute atomic E-state index is 0.00796. The highest BCUT2D eigenvalue weighted by Gasteiger charge is 2.60. The maximum atomic E-state index is 13.1. The Morgan fingerprint density at radius 1 is 1.28 bits per heavy atom. The first-order valence-electron chi connectivity index (χ1n) is 6.72. The molecule has 3 rings (SSSR count). The predicted octanol–water partition coefficient (Wildman–Crippen LogP) is 1.96. The van der Waals surface area contributed by atoms with Crippen LogP contribution in [0.5, 0.6) is 0 Å². The van der Waals surface area contributed by atoms with Gasteiger partial charge in [-0.15, -0.1) is 0 Å². The SMILES string of the molecule is CC1(C)CC2(CO1)OCCNC2CC1CC1(F)F. The summed E-state index contributed by atoms with van der Waals surface area (Å²) in [6, 6.07) is -0.00796. The molecule has 3 unspecified atom stereocenters. The largest absolute Gasteiger partial charge is 0.372 e. The van der Waals surface area contributed by atoms with Crippen LogP contribution in [0.25, 0.3) is 0 Å². The topological polar surface area (TPSA) is 30.5 Å². The second-order valence-electron chi connectivity index (χ2n) is 6.54. The van der Waals surface area contributed by atoms with Gasteiger partial charge in [0.1, 0.15) is 5.60 Å². The van der Waals surface area contributed by atoms with Crippen LogP contribution in [0.3, 0.4) is 0 Å². The summed E-state index contributed by atoms with van der Waals surface area (Å²) in [6.07, 6.45) is 1.30. The molecule has 3 atom stereocenters. The van der Waals surface area contributed by atoms with Crippen molar-refractivity contribution in [1.29, 1.82) is 0 Å². The molecule has 2 saturated heterocycles. The number of ether oxygens (including phenoxy) is 2. The van der Waals surface area contributed by atoms with Crippen LogP contribution >= 0.6 is 0 Å². The first kappa shape index (κ1) is 12.8. The smallest absolute Gasteiger partial charge is 0.251 e. The van der Waals surface area contributed by atoms with Gasteiger partial charge in [0.15, 0.2) is 0 Å². The Balaban J connectivity index is 1.71. The lowest BCUT2D eigenvalue weighted by molar-refractivity contribution is -0.102. The highest BCUT2D eigenvalue weighted by Crippen LogP contribution is 2.53. The fourth-order valence-corrected chi connectivity index (χ4v) is 3.34. The summed E-state index contributed by atoms with van der Waals surface area (Å²) in [5.74, 6) is -2.92. The van der Waals surface area contributed by atoms with E-state index in [-0.39, 0.29) is 18.1 Å². The number of hydrogen-bond acceptors (Lipinski definition) is 3. The zero-order valence-corrected chi connectivity index (χ0v) is 11.0. The Kier molecular flexibility index (Phi) is 2.74. The molecule has 2 heterocycles. The molecule has 0 aromatic carbocycles. The van der Waals surface area contributed by atoms with Gasteiger partial charge in [-0.2, -0.15) is 0 Å².